The highest BCUT2D eigenvalue weighted by atomic mass is 32.2. The van der Waals surface area contributed by atoms with Crippen LogP contribution in [0.5, 0.6) is 0 Å². The minimum Gasteiger partial charge on any atom is -0.324 e. The molecule has 27 heavy (non-hydrogen) atoms. The second-order valence-electron chi connectivity index (χ2n) is 6.17. The van der Waals surface area contributed by atoms with Crippen molar-refractivity contribution in [2.45, 2.75) is 17.8 Å². The van der Waals surface area contributed by atoms with E-state index in [0.717, 1.165) is 12.1 Å². The SMILES string of the molecule is O=C(Nc1cccc(C(F)(F)F)c1)N1CCSC(c2ccccc2F)CC1. The largest absolute Gasteiger partial charge is 0.416 e. The van der Waals surface area contributed by atoms with Gasteiger partial charge in [0, 0.05) is 35.3 Å². The lowest BCUT2D eigenvalue weighted by atomic mass is 10.1. The van der Waals surface area contributed by atoms with Crippen LogP contribution < -0.4 is 5.32 Å². The van der Waals surface area contributed by atoms with Gasteiger partial charge in [-0.15, -0.1) is 0 Å². The smallest absolute Gasteiger partial charge is 0.324 e. The Balaban J connectivity index is 1.64. The molecule has 1 N–H and O–H groups in total. The predicted octanol–water partition coefficient (Wildman–Crippen LogP) is 5.56. The Morgan fingerprint density at radius 2 is 1.89 bits per heavy atom. The maximum atomic E-state index is 14.0. The minimum atomic E-state index is -4.47. The standard InChI is InChI=1S/C19H18F4N2OS/c20-16-7-2-1-6-15(16)17-8-9-25(10-11-27-17)18(26)24-14-5-3-4-13(12-14)19(21,22)23/h1-7,12,17H,8-11H2,(H,24,26). The third-order valence-electron chi connectivity index (χ3n) is 4.32. The fourth-order valence-corrected chi connectivity index (χ4v) is 4.19. The van der Waals surface area contributed by atoms with Crippen molar-refractivity contribution in [1.29, 1.82) is 0 Å². The number of nitrogens with one attached hydrogen (secondary N) is 1. The van der Waals surface area contributed by atoms with Gasteiger partial charge in [0.15, 0.2) is 0 Å². The Kier molecular flexibility index (Phi) is 5.94. The maximum Gasteiger partial charge on any atom is 0.416 e. The van der Waals surface area contributed by atoms with Crippen molar-refractivity contribution in [3.05, 3.63) is 65.5 Å². The van der Waals surface area contributed by atoms with Crippen LogP contribution >= 0.6 is 11.8 Å². The monoisotopic (exact) mass is 398 g/mol. The first-order valence-electron chi connectivity index (χ1n) is 8.44. The molecule has 1 aliphatic heterocycles. The number of thioether (sulfide) groups is 1. The van der Waals surface area contributed by atoms with Crippen LogP contribution in [0.4, 0.5) is 28.0 Å². The van der Waals surface area contributed by atoms with Gasteiger partial charge in [0.2, 0.25) is 0 Å². The summed E-state index contributed by atoms with van der Waals surface area (Å²) >= 11 is 1.57. The highest BCUT2D eigenvalue weighted by molar-refractivity contribution is 7.99. The fourth-order valence-electron chi connectivity index (χ4n) is 2.93. The minimum absolute atomic E-state index is 0.0578. The number of hydrogen-bond acceptors (Lipinski definition) is 2. The third-order valence-corrected chi connectivity index (χ3v) is 5.63. The van der Waals surface area contributed by atoms with Gasteiger partial charge in [-0.3, -0.25) is 0 Å². The molecule has 1 unspecified atom stereocenters. The normalized spacial score (nSPS) is 18.1. The first kappa shape index (κ1) is 19.5. The molecular weight excluding hydrogens is 380 g/mol. The molecule has 1 heterocycles. The first-order valence-corrected chi connectivity index (χ1v) is 9.48. The zero-order valence-electron chi connectivity index (χ0n) is 14.3. The number of halogens is 4. The van der Waals surface area contributed by atoms with Gasteiger partial charge in [-0.2, -0.15) is 24.9 Å². The lowest BCUT2D eigenvalue weighted by Crippen LogP contribution is -2.36. The third kappa shape index (κ3) is 4.94. The van der Waals surface area contributed by atoms with Crippen LogP contribution in [0, 0.1) is 5.82 Å². The topological polar surface area (TPSA) is 32.3 Å². The van der Waals surface area contributed by atoms with Gasteiger partial charge >= 0.3 is 12.2 Å². The van der Waals surface area contributed by atoms with Gasteiger partial charge < -0.3 is 10.2 Å². The molecule has 8 heteroatoms. The molecule has 0 spiro atoms. The molecule has 2 amide bonds. The number of hydrogen-bond donors (Lipinski definition) is 1. The first-order chi connectivity index (χ1) is 12.8. The maximum absolute atomic E-state index is 14.0. The summed E-state index contributed by atoms with van der Waals surface area (Å²) in [5.41, 5.74) is -0.105. The number of urea groups is 1. The van der Waals surface area contributed by atoms with Crippen LogP contribution in [0.15, 0.2) is 48.5 Å². The van der Waals surface area contributed by atoms with E-state index in [-0.39, 0.29) is 16.8 Å². The molecule has 2 aromatic rings. The molecule has 1 saturated heterocycles. The lowest BCUT2D eigenvalue weighted by molar-refractivity contribution is -0.137. The van der Waals surface area contributed by atoms with Crippen molar-refractivity contribution < 1.29 is 22.4 Å². The van der Waals surface area contributed by atoms with Gasteiger partial charge in [-0.25, -0.2) is 9.18 Å². The molecule has 1 fully saturated rings. The zero-order chi connectivity index (χ0) is 19.4. The number of carbonyl (C=O) groups excluding carboxylic acids is 1. The van der Waals surface area contributed by atoms with E-state index in [9.17, 15) is 22.4 Å². The molecule has 3 rings (SSSR count). The van der Waals surface area contributed by atoms with Crippen molar-refractivity contribution in [3.63, 3.8) is 0 Å². The van der Waals surface area contributed by atoms with Gasteiger partial charge in [0.05, 0.1) is 5.56 Å². The number of alkyl halides is 3. The summed E-state index contributed by atoms with van der Waals surface area (Å²) in [4.78, 5) is 14.0. The van der Waals surface area contributed by atoms with Crippen LogP contribution in [0.25, 0.3) is 0 Å². The highest BCUT2D eigenvalue weighted by Gasteiger charge is 2.30. The molecule has 2 aromatic carbocycles. The van der Waals surface area contributed by atoms with E-state index in [1.807, 2.05) is 0 Å². The van der Waals surface area contributed by atoms with E-state index in [0.29, 0.717) is 30.8 Å². The summed E-state index contributed by atoms with van der Waals surface area (Å²) in [6.45, 7) is 0.844. The van der Waals surface area contributed by atoms with E-state index in [2.05, 4.69) is 5.32 Å². The van der Waals surface area contributed by atoms with Crippen molar-refractivity contribution in [1.82, 2.24) is 4.90 Å². The summed E-state index contributed by atoms with van der Waals surface area (Å²) in [5.74, 6) is 0.353. The molecule has 0 bridgehead atoms. The lowest BCUT2D eigenvalue weighted by Gasteiger charge is -2.21. The molecule has 0 saturated carbocycles. The number of rotatable bonds is 2. The number of nitrogens with zero attached hydrogens (tertiary/aromatic N) is 1. The van der Waals surface area contributed by atoms with E-state index < -0.39 is 17.8 Å². The molecule has 1 aliphatic rings. The van der Waals surface area contributed by atoms with Crippen LogP contribution in [0.3, 0.4) is 0 Å². The second-order valence-corrected chi connectivity index (χ2v) is 7.48. The van der Waals surface area contributed by atoms with Gasteiger partial charge in [0.1, 0.15) is 5.82 Å². The van der Waals surface area contributed by atoms with Gasteiger partial charge in [-0.05, 0) is 30.7 Å². The summed E-state index contributed by atoms with van der Waals surface area (Å²) < 4.78 is 52.4. The van der Waals surface area contributed by atoms with Gasteiger partial charge in [-0.1, -0.05) is 24.3 Å². The highest BCUT2D eigenvalue weighted by Crippen LogP contribution is 2.36. The van der Waals surface area contributed by atoms with E-state index in [1.165, 1.54) is 18.2 Å². The second kappa shape index (κ2) is 8.21. The Labute approximate surface area is 158 Å². The van der Waals surface area contributed by atoms with Crippen LogP contribution in [0.2, 0.25) is 0 Å². The summed E-state index contributed by atoms with van der Waals surface area (Å²) in [6, 6.07) is 10.7. The average molecular weight is 398 g/mol. The van der Waals surface area contributed by atoms with Crippen molar-refractivity contribution in [2.24, 2.45) is 0 Å². The molecule has 0 aromatic heterocycles. The molecule has 144 valence electrons. The number of amides is 2. The Morgan fingerprint density at radius 1 is 1.11 bits per heavy atom. The van der Waals surface area contributed by atoms with Gasteiger partial charge in [0.25, 0.3) is 0 Å². The number of anilines is 1. The Hall–Kier alpha value is -2.22. The summed E-state index contributed by atoms with van der Waals surface area (Å²) in [7, 11) is 0. The quantitative estimate of drug-likeness (QED) is 0.672. The molecule has 0 radical (unpaired) electrons. The average Bonchev–Trinajstić information content (AvgIpc) is 2.88. The van der Waals surface area contributed by atoms with Crippen molar-refractivity contribution >= 4 is 23.5 Å². The van der Waals surface area contributed by atoms with E-state index in [4.69, 9.17) is 0 Å². The molecule has 1 atom stereocenters. The van der Waals surface area contributed by atoms with E-state index >= 15 is 0 Å². The molecule has 0 aliphatic carbocycles. The van der Waals surface area contributed by atoms with Crippen molar-refractivity contribution in [2.75, 3.05) is 24.2 Å². The molecule has 3 nitrogen and oxygen atoms in total. The Bertz CT molecular complexity index is 812. The van der Waals surface area contributed by atoms with Crippen LogP contribution in [0.1, 0.15) is 22.8 Å². The predicted molar refractivity (Wildman–Crippen MR) is 98.3 cm³/mol. The van der Waals surface area contributed by atoms with Crippen LogP contribution in [-0.2, 0) is 6.18 Å². The summed E-state index contributed by atoms with van der Waals surface area (Å²) in [6.07, 6.45) is -3.89. The van der Waals surface area contributed by atoms with Crippen molar-refractivity contribution in [3.8, 4) is 0 Å². The zero-order valence-corrected chi connectivity index (χ0v) is 15.1. The Morgan fingerprint density at radius 3 is 2.63 bits per heavy atom. The van der Waals surface area contributed by atoms with Crippen LogP contribution in [-0.4, -0.2) is 29.8 Å². The fraction of sp³-hybridized carbons (Fsp3) is 0.316. The number of carbonyl (C=O) groups is 1. The molecular formula is C19H18F4N2OS. The summed E-state index contributed by atoms with van der Waals surface area (Å²) in [5, 5.41) is 2.46. The number of benzene rings is 2. The van der Waals surface area contributed by atoms with E-state index in [1.54, 1.807) is 34.9 Å².